The first-order chi connectivity index (χ1) is 9.40. The first-order valence-electron chi connectivity index (χ1n) is 6.99. The molecule has 0 amide bonds. The molecule has 0 aliphatic carbocycles. The summed E-state index contributed by atoms with van der Waals surface area (Å²) in [6.45, 7) is 8.36. The number of nitriles is 1. The minimum absolute atomic E-state index is 0.131. The molecule has 2 atom stereocenters. The normalized spacial score (nSPS) is 15.2. The van der Waals surface area contributed by atoms with Gasteiger partial charge in [-0.15, -0.1) is 0 Å². The molecule has 1 rings (SSSR count). The number of ether oxygens (including phenoxy) is 1. The Morgan fingerprint density at radius 2 is 2.20 bits per heavy atom. The van der Waals surface area contributed by atoms with E-state index in [1.807, 2.05) is 13.8 Å². The van der Waals surface area contributed by atoms with Crippen LogP contribution in [0, 0.1) is 24.1 Å². The lowest BCUT2D eigenvalue weighted by Gasteiger charge is -2.27. The van der Waals surface area contributed by atoms with E-state index >= 15 is 0 Å². The average molecular weight is 278 g/mol. The second kappa shape index (κ2) is 7.25. The molecule has 0 heterocycles. The van der Waals surface area contributed by atoms with E-state index in [2.05, 4.69) is 18.3 Å². The molecule has 20 heavy (non-hydrogen) atoms. The second-order valence-electron chi connectivity index (χ2n) is 5.41. The van der Waals surface area contributed by atoms with Crippen molar-refractivity contribution in [2.75, 3.05) is 6.54 Å². The van der Waals surface area contributed by atoms with Crippen LogP contribution in [-0.4, -0.2) is 18.2 Å². The summed E-state index contributed by atoms with van der Waals surface area (Å²) in [4.78, 5) is 0. The van der Waals surface area contributed by atoms with Gasteiger partial charge < -0.3 is 4.74 Å². The Labute approximate surface area is 120 Å². The predicted molar refractivity (Wildman–Crippen MR) is 78.2 cm³/mol. The highest BCUT2D eigenvalue weighted by molar-refractivity contribution is 5.29. The molecule has 0 spiro atoms. The third-order valence-electron chi connectivity index (χ3n) is 3.17. The van der Waals surface area contributed by atoms with Crippen LogP contribution >= 0.6 is 0 Å². The van der Waals surface area contributed by atoms with Gasteiger partial charge in [0.05, 0.1) is 12.2 Å². The molecule has 4 heteroatoms. The van der Waals surface area contributed by atoms with Crippen LogP contribution < -0.4 is 10.1 Å². The molecule has 0 aliphatic rings. The fraction of sp³-hybridized carbons (Fsp3) is 0.562. The summed E-state index contributed by atoms with van der Waals surface area (Å²) in [5, 5.41) is 12.5. The number of halogens is 1. The van der Waals surface area contributed by atoms with Crippen molar-refractivity contribution < 1.29 is 9.13 Å². The van der Waals surface area contributed by atoms with Gasteiger partial charge in [0.25, 0.3) is 0 Å². The van der Waals surface area contributed by atoms with Crippen LogP contribution in [0.2, 0.25) is 0 Å². The number of hydrogen-bond acceptors (Lipinski definition) is 3. The van der Waals surface area contributed by atoms with Crippen molar-refractivity contribution in [3.8, 4) is 11.8 Å². The quantitative estimate of drug-likeness (QED) is 0.829. The summed E-state index contributed by atoms with van der Waals surface area (Å²) in [5.41, 5.74) is -0.0494. The van der Waals surface area contributed by atoms with Crippen molar-refractivity contribution in [2.24, 2.45) is 0 Å². The van der Waals surface area contributed by atoms with Crippen molar-refractivity contribution in [1.82, 2.24) is 5.32 Å². The fourth-order valence-electron chi connectivity index (χ4n) is 2.10. The van der Waals surface area contributed by atoms with Crippen LogP contribution in [0.5, 0.6) is 5.75 Å². The summed E-state index contributed by atoms with van der Waals surface area (Å²) in [5.74, 6) is 0.392. The molecule has 1 N–H and O–H groups in total. The van der Waals surface area contributed by atoms with Gasteiger partial charge in [0.1, 0.15) is 17.1 Å². The lowest BCUT2D eigenvalue weighted by molar-refractivity contribution is 0.179. The lowest BCUT2D eigenvalue weighted by atomic mass is 9.96. The highest BCUT2D eigenvalue weighted by Crippen LogP contribution is 2.20. The number of nitrogens with one attached hydrogen (secondary N) is 1. The molecule has 110 valence electrons. The van der Waals surface area contributed by atoms with Gasteiger partial charge in [0.15, 0.2) is 0 Å². The largest absolute Gasteiger partial charge is 0.491 e. The molecule has 1 aromatic rings. The number of benzene rings is 1. The first kappa shape index (κ1) is 16.5. The minimum Gasteiger partial charge on any atom is -0.491 e. The van der Waals surface area contributed by atoms with E-state index in [0.29, 0.717) is 17.7 Å². The zero-order valence-corrected chi connectivity index (χ0v) is 12.7. The van der Waals surface area contributed by atoms with Crippen LogP contribution in [0.3, 0.4) is 0 Å². The zero-order chi connectivity index (χ0) is 15.2. The highest BCUT2D eigenvalue weighted by atomic mass is 19.1. The molecule has 2 unspecified atom stereocenters. The van der Waals surface area contributed by atoms with E-state index in [4.69, 9.17) is 4.74 Å². The van der Waals surface area contributed by atoms with E-state index in [0.717, 1.165) is 13.0 Å². The Morgan fingerprint density at radius 3 is 2.75 bits per heavy atom. The summed E-state index contributed by atoms with van der Waals surface area (Å²) >= 11 is 0. The Hall–Kier alpha value is -1.60. The molecule has 0 aromatic heterocycles. The van der Waals surface area contributed by atoms with Crippen molar-refractivity contribution >= 4 is 0 Å². The van der Waals surface area contributed by atoms with Gasteiger partial charge >= 0.3 is 0 Å². The molecule has 0 radical (unpaired) electrons. The first-order valence-corrected chi connectivity index (χ1v) is 6.99. The average Bonchev–Trinajstić information content (AvgIpc) is 2.40. The summed E-state index contributed by atoms with van der Waals surface area (Å²) in [7, 11) is 0. The van der Waals surface area contributed by atoms with Crippen LogP contribution in [-0.2, 0) is 0 Å². The maximum atomic E-state index is 13.2. The van der Waals surface area contributed by atoms with E-state index in [1.165, 1.54) is 6.07 Å². The van der Waals surface area contributed by atoms with Gasteiger partial charge in [-0.1, -0.05) is 6.92 Å². The van der Waals surface area contributed by atoms with E-state index in [-0.39, 0.29) is 11.9 Å². The molecule has 0 bridgehead atoms. The van der Waals surface area contributed by atoms with Crippen molar-refractivity contribution in [2.45, 2.75) is 52.2 Å². The van der Waals surface area contributed by atoms with Crippen LogP contribution in [0.4, 0.5) is 4.39 Å². The molecular formula is C16H23FN2O. The Morgan fingerprint density at radius 1 is 1.50 bits per heavy atom. The third kappa shape index (κ3) is 4.82. The van der Waals surface area contributed by atoms with Gasteiger partial charge in [-0.25, -0.2) is 4.39 Å². The molecule has 0 saturated carbocycles. The lowest BCUT2D eigenvalue weighted by Crippen LogP contribution is -2.44. The maximum Gasteiger partial charge on any atom is 0.126 e. The Kier molecular flexibility index (Phi) is 5.97. The molecule has 0 aliphatic heterocycles. The number of nitrogens with zero attached hydrogens (tertiary/aromatic N) is 1. The summed E-state index contributed by atoms with van der Waals surface area (Å²) in [6, 6.07) is 6.99. The van der Waals surface area contributed by atoms with Crippen molar-refractivity contribution in [1.29, 1.82) is 5.26 Å². The van der Waals surface area contributed by atoms with Gasteiger partial charge in [-0.2, -0.15) is 5.26 Å². The van der Waals surface area contributed by atoms with Crippen molar-refractivity contribution in [3.05, 3.63) is 29.6 Å². The number of aryl methyl sites for hydroxylation is 1. The Bertz CT molecular complexity index is 484. The smallest absolute Gasteiger partial charge is 0.126 e. The fourth-order valence-corrected chi connectivity index (χ4v) is 2.10. The predicted octanol–water partition coefficient (Wildman–Crippen LogP) is 3.57. The van der Waals surface area contributed by atoms with Gasteiger partial charge in [-0.05, 0) is 57.5 Å². The minimum atomic E-state index is -0.607. The van der Waals surface area contributed by atoms with Gasteiger partial charge in [0, 0.05) is 6.42 Å². The van der Waals surface area contributed by atoms with Gasteiger partial charge in [-0.3, -0.25) is 5.32 Å². The van der Waals surface area contributed by atoms with Crippen LogP contribution in [0.15, 0.2) is 18.2 Å². The molecule has 0 fully saturated rings. The molecule has 3 nitrogen and oxygen atoms in total. The van der Waals surface area contributed by atoms with Gasteiger partial charge in [0.2, 0.25) is 0 Å². The number of rotatable bonds is 7. The topological polar surface area (TPSA) is 45.0 Å². The van der Waals surface area contributed by atoms with E-state index in [1.54, 1.807) is 19.1 Å². The zero-order valence-electron chi connectivity index (χ0n) is 12.7. The summed E-state index contributed by atoms with van der Waals surface area (Å²) < 4.78 is 19.0. The summed E-state index contributed by atoms with van der Waals surface area (Å²) in [6.07, 6.45) is 1.41. The van der Waals surface area contributed by atoms with Crippen molar-refractivity contribution in [3.63, 3.8) is 0 Å². The van der Waals surface area contributed by atoms with Crippen LogP contribution in [0.25, 0.3) is 0 Å². The Balaban J connectivity index is 2.64. The van der Waals surface area contributed by atoms with Crippen LogP contribution in [0.1, 0.15) is 39.2 Å². The van der Waals surface area contributed by atoms with E-state index in [9.17, 15) is 9.65 Å². The second-order valence-corrected chi connectivity index (χ2v) is 5.41. The molecular weight excluding hydrogens is 255 g/mol. The molecule has 1 aromatic carbocycles. The number of hydrogen-bond donors (Lipinski definition) is 1. The standard InChI is InChI=1S/C16H23FN2O/c1-5-8-19-16(4,11-18)10-13(3)20-14-6-7-15(17)12(2)9-14/h6-7,9,13,19H,5,8,10H2,1-4H3. The maximum absolute atomic E-state index is 13.2. The highest BCUT2D eigenvalue weighted by Gasteiger charge is 2.26. The molecule has 0 saturated heterocycles. The monoisotopic (exact) mass is 278 g/mol. The SMILES string of the molecule is CCCNC(C)(C#N)CC(C)Oc1ccc(F)c(C)c1. The van der Waals surface area contributed by atoms with E-state index < -0.39 is 5.54 Å². The third-order valence-corrected chi connectivity index (χ3v) is 3.17.